The van der Waals surface area contributed by atoms with Gasteiger partial charge in [-0.15, -0.1) is 0 Å². The lowest BCUT2D eigenvalue weighted by Gasteiger charge is -2.17. The van der Waals surface area contributed by atoms with Crippen molar-refractivity contribution in [3.8, 4) is 0 Å². The number of aliphatic carboxylic acids is 1. The molecular weight excluding hydrogens is 260 g/mol. The Morgan fingerprint density at radius 2 is 1.75 bits per heavy atom. The van der Waals surface area contributed by atoms with Gasteiger partial charge in [0, 0.05) is 31.3 Å². The number of amides is 2. The van der Waals surface area contributed by atoms with Crippen molar-refractivity contribution in [3.05, 3.63) is 0 Å². The van der Waals surface area contributed by atoms with Gasteiger partial charge in [-0.25, -0.2) is 0 Å². The number of carboxylic acids is 1. The van der Waals surface area contributed by atoms with Gasteiger partial charge in [-0.05, 0) is 12.3 Å². The van der Waals surface area contributed by atoms with Gasteiger partial charge in [0.1, 0.15) is 0 Å². The average Bonchev–Trinajstić information content (AvgIpc) is 2.29. The van der Waals surface area contributed by atoms with Crippen molar-refractivity contribution < 1.29 is 19.5 Å². The van der Waals surface area contributed by atoms with Gasteiger partial charge in [0.2, 0.25) is 11.8 Å². The minimum atomic E-state index is -0.864. The van der Waals surface area contributed by atoms with E-state index in [-0.39, 0.29) is 24.2 Å². The largest absolute Gasteiger partial charge is 0.481 e. The van der Waals surface area contributed by atoms with Crippen molar-refractivity contribution in [2.75, 3.05) is 13.1 Å². The number of rotatable bonds is 8. The molecule has 0 bridgehead atoms. The third kappa shape index (κ3) is 9.35. The van der Waals surface area contributed by atoms with E-state index in [0.29, 0.717) is 25.9 Å². The third-order valence-electron chi connectivity index (χ3n) is 2.72. The second-order valence-electron chi connectivity index (χ2n) is 6.12. The molecular formula is C14H26N2O4. The molecule has 0 fully saturated rings. The molecule has 0 aromatic carbocycles. The summed E-state index contributed by atoms with van der Waals surface area (Å²) in [7, 11) is 0. The van der Waals surface area contributed by atoms with Gasteiger partial charge in [0.15, 0.2) is 0 Å². The van der Waals surface area contributed by atoms with Crippen LogP contribution in [-0.2, 0) is 14.4 Å². The molecule has 2 amide bonds. The lowest BCUT2D eigenvalue weighted by Crippen LogP contribution is -2.36. The highest BCUT2D eigenvalue weighted by Crippen LogP contribution is 2.12. The molecule has 0 aliphatic rings. The molecule has 0 aromatic rings. The van der Waals surface area contributed by atoms with Crippen LogP contribution in [-0.4, -0.2) is 36.0 Å². The van der Waals surface area contributed by atoms with E-state index in [1.54, 1.807) is 6.92 Å². The fourth-order valence-corrected chi connectivity index (χ4v) is 1.46. The zero-order valence-corrected chi connectivity index (χ0v) is 12.8. The molecule has 0 heterocycles. The maximum atomic E-state index is 11.6. The highest BCUT2D eigenvalue weighted by molar-refractivity contribution is 5.81. The number of hydrogen-bond donors (Lipinski definition) is 3. The van der Waals surface area contributed by atoms with Gasteiger partial charge < -0.3 is 15.7 Å². The first kappa shape index (κ1) is 18.4. The van der Waals surface area contributed by atoms with E-state index in [9.17, 15) is 14.4 Å². The van der Waals surface area contributed by atoms with Crippen molar-refractivity contribution >= 4 is 17.8 Å². The molecule has 0 saturated heterocycles. The molecule has 0 rings (SSSR count). The molecule has 0 spiro atoms. The summed E-state index contributed by atoms with van der Waals surface area (Å²) in [4.78, 5) is 33.5. The van der Waals surface area contributed by atoms with Crippen molar-refractivity contribution in [2.45, 2.75) is 47.0 Å². The summed E-state index contributed by atoms with van der Waals surface area (Å²) in [6.07, 6.45) is 0.938. The van der Waals surface area contributed by atoms with Gasteiger partial charge in [-0.2, -0.15) is 0 Å². The molecule has 6 nitrogen and oxygen atoms in total. The van der Waals surface area contributed by atoms with Crippen molar-refractivity contribution in [3.63, 3.8) is 0 Å². The highest BCUT2D eigenvalue weighted by Gasteiger charge is 2.20. The molecule has 0 aliphatic heterocycles. The minimum Gasteiger partial charge on any atom is -0.481 e. The molecule has 0 saturated carbocycles. The Labute approximate surface area is 120 Å². The zero-order valence-electron chi connectivity index (χ0n) is 12.8. The first-order valence-electron chi connectivity index (χ1n) is 6.89. The second kappa shape index (κ2) is 8.55. The first-order chi connectivity index (χ1) is 9.12. The van der Waals surface area contributed by atoms with Crippen molar-refractivity contribution in [2.24, 2.45) is 11.3 Å². The number of carboxylic acid groups (broad SMARTS) is 1. The summed E-state index contributed by atoms with van der Waals surface area (Å²) in [6, 6.07) is 0. The maximum absolute atomic E-state index is 11.6. The molecule has 1 atom stereocenters. The standard InChI is InChI=1S/C14H26N2O4/c1-10(8-12(18)19)9-16-11(17)6-5-7-15-13(20)14(2,3)4/h10H,5-9H2,1-4H3,(H,15,20)(H,16,17)(H,18,19). The average molecular weight is 286 g/mol. The molecule has 0 radical (unpaired) electrons. The zero-order chi connectivity index (χ0) is 15.8. The van der Waals surface area contributed by atoms with Gasteiger partial charge in [0.25, 0.3) is 0 Å². The Hall–Kier alpha value is -1.59. The van der Waals surface area contributed by atoms with Crippen molar-refractivity contribution in [1.82, 2.24) is 10.6 Å². The minimum absolute atomic E-state index is 0.0343. The van der Waals surface area contributed by atoms with Crippen LogP contribution >= 0.6 is 0 Å². The van der Waals surface area contributed by atoms with Crippen LogP contribution in [0.3, 0.4) is 0 Å². The fourth-order valence-electron chi connectivity index (χ4n) is 1.46. The summed E-state index contributed by atoms with van der Waals surface area (Å²) >= 11 is 0. The van der Waals surface area contributed by atoms with E-state index in [2.05, 4.69) is 10.6 Å². The van der Waals surface area contributed by atoms with E-state index in [0.717, 1.165) is 0 Å². The van der Waals surface area contributed by atoms with Crippen LogP contribution in [0.2, 0.25) is 0 Å². The summed E-state index contributed by atoms with van der Waals surface area (Å²) in [6.45, 7) is 8.10. The van der Waals surface area contributed by atoms with E-state index >= 15 is 0 Å². The van der Waals surface area contributed by atoms with E-state index in [4.69, 9.17) is 5.11 Å². The Kier molecular flexibility index (Phi) is 7.87. The van der Waals surface area contributed by atoms with Crippen LogP contribution in [0.4, 0.5) is 0 Å². The molecule has 116 valence electrons. The first-order valence-corrected chi connectivity index (χ1v) is 6.89. The maximum Gasteiger partial charge on any atom is 0.303 e. The molecule has 20 heavy (non-hydrogen) atoms. The molecule has 6 heteroatoms. The van der Waals surface area contributed by atoms with Crippen LogP contribution in [0.5, 0.6) is 0 Å². The normalized spacial score (nSPS) is 12.6. The summed E-state index contributed by atoms with van der Waals surface area (Å²) in [5.74, 6) is -1.10. The second-order valence-corrected chi connectivity index (χ2v) is 6.12. The van der Waals surface area contributed by atoms with Crippen LogP contribution in [0.1, 0.15) is 47.0 Å². The highest BCUT2D eigenvalue weighted by atomic mass is 16.4. The molecule has 1 unspecified atom stereocenters. The van der Waals surface area contributed by atoms with E-state index in [1.165, 1.54) is 0 Å². The fraction of sp³-hybridized carbons (Fsp3) is 0.786. The van der Waals surface area contributed by atoms with Crippen LogP contribution < -0.4 is 10.6 Å². The smallest absolute Gasteiger partial charge is 0.303 e. The van der Waals surface area contributed by atoms with Gasteiger partial charge in [0.05, 0.1) is 0 Å². The Bertz CT molecular complexity index is 348. The van der Waals surface area contributed by atoms with Crippen LogP contribution in [0, 0.1) is 11.3 Å². The Morgan fingerprint density at radius 3 is 2.25 bits per heavy atom. The SMILES string of the molecule is CC(CNC(=O)CCCNC(=O)C(C)(C)C)CC(=O)O. The van der Waals surface area contributed by atoms with Crippen LogP contribution in [0.25, 0.3) is 0 Å². The summed E-state index contributed by atoms with van der Waals surface area (Å²) < 4.78 is 0. The Morgan fingerprint density at radius 1 is 1.15 bits per heavy atom. The van der Waals surface area contributed by atoms with Gasteiger partial charge in [-0.1, -0.05) is 27.7 Å². The van der Waals surface area contributed by atoms with Crippen LogP contribution in [0.15, 0.2) is 0 Å². The number of nitrogens with one attached hydrogen (secondary N) is 2. The lowest BCUT2D eigenvalue weighted by atomic mass is 9.96. The van der Waals surface area contributed by atoms with E-state index < -0.39 is 11.4 Å². The van der Waals surface area contributed by atoms with Crippen molar-refractivity contribution in [1.29, 1.82) is 0 Å². The molecule has 0 aromatic heterocycles. The molecule has 0 aliphatic carbocycles. The molecule has 3 N–H and O–H groups in total. The Balaban J connectivity index is 3.69. The summed E-state index contributed by atoms with van der Waals surface area (Å²) in [5, 5.41) is 14.1. The van der Waals surface area contributed by atoms with E-state index in [1.807, 2.05) is 20.8 Å². The summed E-state index contributed by atoms with van der Waals surface area (Å²) in [5.41, 5.74) is -0.422. The lowest BCUT2D eigenvalue weighted by molar-refractivity contribution is -0.138. The predicted molar refractivity (Wildman–Crippen MR) is 76.1 cm³/mol. The monoisotopic (exact) mass is 286 g/mol. The number of carbonyl (C=O) groups excluding carboxylic acids is 2. The van der Waals surface area contributed by atoms with Gasteiger partial charge in [-0.3, -0.25) is 14.4 Å². The third-order valence-corrected chi connectivity index (χ3v) is 2.72. The topological polar surface area (TPSA) is 95.5 Å². The number of carbonyl (C=O) groups is 3. The predicted octanol–water partition coefficient (Wildman–Crippen LogP) is 1.16. The quantitative estimate of drug-likeness (QED) is 0.583. The van der Waals surface area contributed by atoms with Gasteiger partial charge >= 0.3 is 5.97 Å². The number of hydrogen-bond acceptors (Lipinski definition) is 3.